The highest BCUT2D eigenvalue weighted by molar-refractivity contribution is 7.89. The first-order chi connectivity index (χ1) is 13.9. The lowest BCUT2D eigenvalue weighted by molar-refractivity contribution is -0.122. The largest absolute Gasteiger partial charge is 0.495 e. The standard InChI is InChI=1S/C21H27ClN2O4S/c1-3-4-8-13-23-21(25)19(14-16-9-6-5-7-10-16)24-29(26,27)17-11-12-20(28-2)18(22)15-17/h5-7,9-12,15,19,24H,3-4,8,13-14H2,1-2H3,(H,23,25)/t19-/m0/s1. The Bertz CT molecular complexity index is 904. The normalized spacial score (nSPS) is 12.4. The van der Waals surface area contributed by atoms with Gasteiger partial charge in [0.25, 0.3) is 0 Å². The van der Waals surface area contributed by atoms with Crippen LogP contribution in [0.25, 0.3) is 0 Å². The van der Waals surface area contributed by atoms with Crippen molar-refractivity contribution in [1.29, 1.82) is 0 Å². The number of methoxy groups -OCH3 is 1. The molecule has 0 unspecified atom stereocenters. The number of ether oxygens (including phenoxy) is 1. The number of unbranched alkanes of at least 4 members (excludes halogenated alkanes) is 2. The number of carbonyl (C=O) groups excluding carboxylic acids is 1. The first kappa shape index (κ1) is 23.2. The SMILES string of the molecule is CCCCCNC(=O)[C@H](Cc1ccccc1)NS(=O)(=O)c1ccc(OC)c(Cl)c1. The van der Waals surface area contributed by atoms with Gasteiger partial charge in [0.15, 0.2) is 0 Å². The lowest BCUT2D eigenvalue weighted by Crippen LogP contribution is -2.48. The molecule has 0 aromatic heterocycles. The second kappa shape index (κ2) is 11.2. The molecule has 0 aliphatic rings. The zero-order valence-electron chi connectivity index (χ0n) is 16.7. The Morgan fingerprint density at radius 2 is 1.86 bits per heavy atom. The monoisotopic (exact) mass is 438 g/mol. The van der Waals surface area contributed by atoms with E-state index in [4.69, 9.17) is 16.3 Å². The van der Waals surface area contributed by atoms with Crippen molar-refractivity contribution in [2.24, 2.45) is 0 Å². The Hall–Kier alpha value is -2.09. The number of nitrogens with one attached hydrogen (secondary N) is 2. The fourth-order valence-electron chi connectivity index (χ4n) is 2.82. The molecule has 1 atom stereocenters. The van der Waals surface area contributed by atoms with Gasteiger partial charge < -0.3 is 10.1 Å². The molecule has 2 aromatic carbocycles. The van der Waals surface area contributed by atoms with Crippen molar-refractivity contribution >= 4 is 27.5 Å². The van der Waals surface area contributed by atoms with Crippen molar-refractivity contribution in [3.05, 3.63) is 59.1 Å². The number of hydrogen-bond acceptors (Lipinski definition) is 4. The third-order valence-corrected chi connectivity index (χ3v) is 6.17. The summed E-state index contributed by atoms with van der Waals surface area (Å²) in [5.74, 6) is 0.0215. The highest BCUT2D eigenvalue weighted by Crippen LogP contribution is 2.27. The van der Waals surface area contributed by atoms with Gasteiger partial charge >= 0.3 is 0 Å². The molecule has 2 rings (SSSR count). The molecule has 0 bridgehead atoms. The summed E-state index contributed by atoms with van der Waals surface area (Å²) in [5, 5.41) is 3.01. The summed E-state index contributed by atoms with van der Waals surface area (Å²) >= 11 is 6.07. The molecule has 8 heteroatoms. The molecule has 0 fully saturated rings. The van der Waals surface area contributed by atoms with Crippen LogP contribution in [-0.4, -0.2) is 34.0 Å². The molecule has 0 aliphatic carbocycles. The minimum absolute atomic E-state index is 0.0276. The number of hydrogen-bond donors (Lipinski definition) is 2. The molecule has 158 valence electrons. The maximum absolute atomic E-state index is 12.9. The summed E-state index contributed by atoms with van der Waals surface area (Å²) < 4.78 is 33.3. The lowest BCUT2D eigenvalue weighted by Gasteiger charge is -2.19. The van der Waals surface area contributed by atoms with Gasteiger partial charge in [0.05, 0.1) is 17.0 Å². The molecule has 6 nitrogen and oxygen atoms in total. The fourth-order valence-corrected chi connectivity index (χ4v) is 4.36. The van der Waals surface area contributed by atoms with Crippen LogP contribution in [-0.2, 0) is 21.2 Å². The van der Waals surface area contributed by atoms with Gasteiger partial charge in [0.2, 0.25) is 15.9 Å². The van der Waals surface area contributed by atoms with Gasteiger partial charge in [-0.15, -0.1) is 0 Å². The van der Waals surface area contributed by atoms with Crippen LogP contribution in [0.2, 0.25) is 5.02 Å². The minimum Gasteiger partial charge on any atom is -0.495 e. The predicted molar refractivity (Wildman–Crippen MR) is 115 cm³/mol. The Labute approximate surface area is 177 Å². The zero-order valence-corrected chi connectivity index (χ0v) is 18.2. The van der Waals surface area contributed by atoms with E-state index in [0.717, 1.165) is 24.8 Å². The molecule has 0 spiro atoms. The van der Waals surface area contributed by atoms with Crippen LogP contribution in [0.3, 0.4) is 0 Å². The molecule has 0 radical (unpaired) electrons. The highest BCUT2D eigenvalue weighted by Gasteiger charge is 2.26. The highest BCUT2D eigenvalue weighted by atomic mass is 35.5. The third-order valence-electron chi connectivity index (χ3n) is 4.41. The van der Waals surface area contributed by atoms with Gasteiger partial charge in [0, 0.05) is 6.54 Å². The van der Waals surface area contributed by atoms with E-state index < -0.39 is 16.1 Å². The van der Waals surface area contributed by atoms with E-state index >= 15 is 0 Å². The Balaban J connectivity index is 2.20. The van der Waals surface area contributed by atoms with Gasteiger partial charge in [-0.3, -0.25) is 4.79 Å². The van der Waals surface area contributed by atoms with E-state index in [1.165, 1.54) is 25.3 Å². The second-order valence-electron chi connectivity index (χ2n) is 6.66. The molecule has 2 aromatic rings. The van der Waals surface area contributed by atoms with E-state index in [2.05, 4.69) is 17.0 Å². The van der Waals surface area contributed by atoms with E-state index in [0.29, 0.717) is 12.3 Å². The second-order valence-corrected chi connectivity index (χ2v) is 8.78. The third kappa shape index (κ3) is 7.03. The van der Waals surface area contributed by atoms with Crippen LogP contribution in [0.15, 0.2) is 53.4 Å². The number of sulfonamides is 1. The van der Waals surface area contributed by atoms with E-state index in [-0.39, 0.29) is 22.2 Å². The fraction of sp³-hybridized carbons (Fsp3) is 0.381. The van der Waals surface area contributed by atoms with Crippen LogP contribution in [0.5, 0.6) is 5.75 Å². The van der Waals surface area contributed by atoms with Gasteiger partial charge in [-0.25, -0.2) is 8.42 Å². The Kier molecular flexibility index (Phi) is 8.95. The molecular weight excluding hydrogens is 412 g/mol. The van der Waals surface area contributed by atoms with Gasteiger partial charge in [-0.1, -0.05) is 61.7 Å². The van der Waals surface area contributed by atoms with Gasteiger partial charge in [0.1, 0.15) is 11.8 Å². The molecule has 0 saturated carbocycles. The molecular formula is C21H27ClN2O4S. The maximum atomic E-state index is 12.9. The minimum atomic E-state index is -3.96. The number of amides is 1. The van der Waals surface area contributed by atoms with Gasteiger partial charge in [-0.2, -0.15) is 4.72 Å². The average molecular weight is 439 g/mol. The van der Waals surface area contributed by atoms with Crippen molar-refractivity contribution in [1.82, 2.24) is 10.0 Å². The van der Waals surface area contributed by atoms with Crippen molar-refractivity contribution < 1.29 is 17.9 Å². The van der Waals surface area contributed by atoms with E-state index in [1.54, 1.807) is 0 Å². The summed E-state index contributed by atoms with van der Waals surface area (Å²) in [4.78, 5) is 12.7. The van der Waals surface area contributed by atoms with Crippen molar-refractivity contribution in [2.75, 3.05) is 13.7 Å². The van der Waals surface area contributed by atoms with E-state index in [1.807, 2.05) is 30.3 Å². The smallest absolute Gasteiger partial charge is 0.241 e. The lowest BCUT2D eigenvalue weighted by atomic mass is 10.1. The topological polar surface area (TPSA) is 84.5 Å². The van der Waals surface area contributed by atoms with Crippen LogP contribution in [0, 0.1) is 0 Å². The first-order valence-electron chi connectivity index (χ1n) is 9.55. The molecule has 2 N–H and O–H groups in total. The number of carbonyl (C=O) groups is 1. The van der Waals surface area contributed by atoms with Crippen LogP contribution in [0.1, 0.15) is 31.7 Å². The average Bonchev–Trinajstić information content (AvgIpc) is 2.71. The molecule has 0 heterocycles. The summed E-state index contributed by atoms with van der Waals surface area (Å²) in [5.41, 5.74) is 0.858. The molecule has 1 amide bonds. The van der Waals surface area contributed by atoms with Crippen molar-refractivity contribution in [2.45, 2.75) is 43.5 Å². The number of benzene rings is 2. The van der Waals surface area contributed by atoms with Crippen molar-refractivity contribution in [3.63, 3.8) is 0 Å². The van der Waals surface area contributed by atoms with Gasteiger partial charge in [-0.05, 0) is 36.6 Å². The zero-order chi connectivity index (χ0) is 21.3. The van der Waals surface area contributed by atoms with Crippen LogP contribution >= 0.6 is 11.6 Å². The maximum Gasteiger partial charge on any atom is 0.241 e. The Morgan fingerprint density at radius 1 is 1.14 bits per heavy atom. The molecule has 29 heavy (non-hydrogen) atoms. The summed E-state index contributed by atoms with van der Waals surface area (Å²) in [6, 6.07) is 12.5. The van der Waals surface area contributed by atoms with Crippen molar-refractivity contribution in [3.8, 4) is 5.75 Å². The van der Waals surface area contributed by atoms with Crippen LogP contribution < -0.4 is 14.8 Å². The summed E-state index contributed by atoms with van der Waals surface area (Å²) in [7, 11) is -2.51. The molecule has 0 saturated heterocycles. The number of rotatable bonds is 11. The summed E-state index contributed by atoms with van der Waals surface area (Å²) in [6.07, 6.45) is 3.12. The number of halogens is 1. The first-order valence-corrected chi connectivity index (χ1v) is 11.4. The Morgan fingerprint density at radius 3 is 2.48 bits per heavy atom. The van der Waals surface area contributed by atoms with E-state index in [9.17, 15) is 13.2 Å². The molecule has 0 aliphatic heterocycles. The predicted octanol–water partition coefficient (Wildman–Crippen LogP) is 3.54. The quantitative estimate of drug-likeness (QED) is 0.525. The summed E-state index contributed by atoms with van der Waals surface area (Å²) in [6.45, 7) is 2.59. The van der Waals surface area contributed by atoms with Crippen LogP contribution in [0.4, 0.5) is 0 Å².